The van der Waals surface area contributed by atoms with Gasteiger partial charge in [0.05, 0.1) is 16.1 Å². The number of carbonyl (C=O) groups is 3. The number of fused-ring (bicyclic) bond motifs is 2. The van der Waals surface area contributed by atoms with Crippen LogP contribution in [0.15, 0.2) is 30.3 Å². The first-order valence-electron chi connectivity index (χ1n) is 15.7. The minimum Gasteiger partial charge on any atom is -0.475 e. The molecule has 2 aromatic rings. The maximum Gasteiger partial charge on any atom is 0.490 e. The van der Waals surface area contributed by atoms with E-state index in [0.29, 0.717) is 24.2 Å². The molecule has 3 aliphatic rings. The van der Waals surface area contributed by atoms with E-state index >= 15 is 8.78 Å². The molecular weight excluding hydrogens is 682 g/mol. The van der Waals surface area contributed by atoms with Crippen molar-refractivity contribution in [2.45, 2.75) is 82.5 Å². The van der Waals surface area contributed by atoms with Crippen molar-refractivity contribution in [2.75, 3.05) is 31.5 Å². The van der Waals surface area contributed by atoms with E-state index in [9.17, 15) is 22.8 Å². The van der Waals surface area contributed by atoms with Crippen molar-refractivity contribution in [3.05, 3.63) is 63.1 Å². The van der Waals surface area contributed by atoms with Crippen LogP contribution in [-0.2, 0) is 19.8 Å². The zero-order valence-electron chi connectivity index (χ0n) is 26.7. The van der Waals surface area contributed by atoms with Crippen molar-refractivity contribution < 1.29 is 41.4 Å². The van der Waals surface area contributed by atoms with Gasteiger partial charge in [-0.3, -0.25) is 9.59 Å². The quantitative estimate of drug-likeness (QED) is 0.180. The molecule has 2 fully saturated rings. The van der Waals surface area contributed by atoms with E-state index in [1.165, 1.54) is 31.0 Å². The Labute approximate surface area is 285 Å². The summed E-state index contributed by atoms with van der Waals surface area (Å²) in [7, 11) is 0. The fourth-order valence-corrected chi connectivity index (χ4v) is 7.30. The molecule has 2 aromatic carbocycles. The fourth-order valence-electron chi connectivity index (χ4n) is 6.95. The highest BCUT2D eigenvalue weighted by molar-refractivity contribution is 6.31. The van der Waals surface area contributed by atoms with Gasteiger partial charge in [0.15, 0.2) is 0 Å². The molecule has 5 rings (SSSR count). The molecule has 8 nitrogen and oxygen atoms in total. The number of rotatable bonds is 8. The second-order valence-corrected chi connectivity index (χ2v) is 14.4. The van der Waals surface area contributed by atoms with E-state index in [1.807, 2.05) is 20.8 Å². The average molecular weight is 722 g/mol. The summed E-state index contributed by atoms with van der Waals surface area (Å²) >= 11 is 12.3. The lowest BCUT2D eigenvalue weighted by molar-refractivity contribution is -0.192. The number of carbonyl (C=O) groups excluding carboxylic acids is 2. The van der Waals surface area contributed by atoms with Crippen LogP contribution in [0.5, 0.6) is 0 Å². The van der Waals surface area contributed by atoms with Crippen molar-refractivity contribution in [3.63, 3.8) is 0 Å². The third-order valence-corrected chi connectivity index (χ3v) is 9.52. The van der Waals surface area contributed by atoms with Crippen LogP contribution in [0.3, 0.4) is 0 Å². The van der Waals surface area contributed by atoms with Gasteiger partial charge >= 0.3 is 12.1 Å². The molecule has 4 N–H and O–H groups in total. The van der Waals surface area contributed by atoms with E-state index in [2.05, 4.69) is 20.9 Å². The summed E-state index contributed by atoms with van der Waals surface area (Å²) in [5.41, 5.74) is -0.920. The molecule has 0 bridgehead atoms. The van der Waals surface area contributed by atoms with Gasteiger partial charge in [-0.1, -0.05) is 56.1 Å². The lowest BCUT2D eigenvalue weighted by Crippen LogP contribution is -2.49. The smallest absolute Gasteiger partial charge is 0.475 e. The highest BCUT2D eigenvalue weighted by Gasteiger charge is 2.66. The molecule has 0 aromatic heterocycles. The van der Waals surface area contributed by atoms with Gasteiger partial charge < -0.3 is 26.0 Å². The van der Waals surface area contributed by atoms with Gasteiger partial charge in [0.2, 0.25) is 11.8 Å². The van der Waals surface area contributed by atoms with Crippen LogP contribution in [0.1, 0.15) is 69.9 Å². The number of hydrogen-bond donors (Lipinski definition) is 4. The summed E-state index contributed by atoms with van der Waals surface area (Å²) in [5.74, 6) is -5.90. The molecule has 4 atom stereocenters. The van der Waals surface area contributed by atoms with Crippen LogP contribution < -0.4 is 16.0 Å². The van der Waals surface area contributed by atoms with Gasteiger partial charge in [-0.05, 0) is 86.5 Å². The monoisotopic (exact) mass is 720 g/mol. The summed E-state index contributed by atoms with van der Waals surface area (Å²) in [6.07, 6.45) is -0.403. The molecule has 0 saturated carbocycles. The Balaban J connectivity index is 0.000000671. The van der Waals surface area contributed by atoms with Crippen LogP contribution >= 0.6 is 23.2 Å². The van der Waals surface area contributed by atoms with Gasteiger partial charge in [-0.25, -0.2) is 13.6 Å². The van der Waals surface area contributed by atoms with Gasteiger partial charge in [-0.2, -0.15) is 13.2 Å². The van der Waals surface area contributed by atoms with Gasteiger partial charge in [0.25, 0.3) is 0 Å². The van der Waals surface area contributed by atoms with Crippen molar-refractivity contribution in [1.29, 1.82) is 0 Å². The Bertz CT molecular complexity index is 1530. The maximum atomic E-state index is 15.8. The Morgan fingerprint density at radius 2 is 1.71 bits per heavy atom. The molecule has 48 heavy (non-hydrogen) atoms. The molecular formula is C33H39Cl2F5N4O4. The number of benzene rings is 2. The fraction of sp³-hybridized carbons (Fsp3) is 0.545. The number of nitrogens with one attached hydrogen (secondary N) is 3. The number of carboxylic acids is 1. The Morgan fingerprint density at radius 3 is 2.31 bits per heavy atom. The normalized spacial score (nSPS) is 23.9. The van der Waals surface area contributed by atoms with Gasteiger partial charge in [0, 0.05) is 24.2 Å². The van der Waals surface area contributed by atoms with E-state index in [0.717, 1.165) is 32.5 Å². The highest BCUT2D eigenvalue weighted by Crippen LogP contribution is 2.57. The minimum absolute atomic E-state index is 0.112. The second-order valence-electron chi connectivity index (χ2n) is 13.6. The zero-order valence-corrected chi connectivity index (χ0v) is 28.3. The van der Waals surface area contributed by atoms with Crippen LogP contribution in [0, 0.1) is 17.0 Å². The SMILES string of the molecule is CC(C)(C)C[C@H]1N[C@@H](C(=O)NCCCCN2CCCC2)[C@H](c2cccc(Cl)c2F)[C@@]12C(=O)Nc1cc(Cl)c(F)cc12.O=C(O)C(F)(F)F. The number of anilines is 1. The number of nitrogens with zero attached hydrogens (tertiary/aromatic N) is 1. The number of unbranched alkanes of at least 4 members (excludes halogenated alkanes) is 1. The van der Waals surface area contributed by atoms with Gasteiger partial charge in [-0.15, -0.1) is 0 Å². The third kappa shape index (κ3) is 8.06. The van der Waals surface area contributed by atoms with E-state index in [4.69, 9.17) is 33.1 Å². The first-order chi connectivity index (χ1) is 22.4. The number of likely N-dealkylation sites (tertiary alicyclic amines) is 1. The predicted molar refractivity (Wildman–Crippen MR) is 172 cm³/mol. The number of alkyl halides is 3. The summed E-state index contributed by atoms with van der Waals surface area (Å²) in [5, 5.41) is 16.2. The number of aliphatic carboxylic acids is 1. The van der Waals surface area contributed by atoms with E-state index in [1.54, 1.807) is 12.1 Å². The largest absolute Gasteiger partial charge is 0.490 e. The standard InChI is InChI=1S/C31H38Cl2F2N4O2.C2HF3O2/c1-30(2,3)17-24-31(19-15-22(34)21(33)16-23(19)37-29(31)41)25(18-9-8-10-20(32)26(18)35)27(38-24)28(40)36-11-4-5-12-39-13-6-7-14-39;3-2(4,5)1(6)7/h8-10,15-16,24-25,27,38H,4-7,11-14,17H2,1-3H3,(H,36,40)(H,37,41);(H,6,7)/t24-,25+,27-,31+;/m1./s1. The molecule has 1 spiro atoms. The maximum absolute atomic E-state index is 15.8. The minimum atomic E-state index is -5.08. The van der Waals surface area contributed by atoms with E-state index < -0.39 is 53.1 Å². The van der Waals surface area contributed by atoms with Crippen molar-refractivity contribution in [2.24, 2.45) is 5.41 Å². The van der Waals surface area contributed by atoms with Crippen LogP contribution in [-0.4, -0.2) is 72.2 Å². The molecule has 0 unspecified atom stereocenters. The molecule has 15 heteroatoms. The molecule has 0 radical (unpaired) electrons. The third-order valence-electron chi connectivity index (χ3n) is 8.94. The summed E-state index contributed by atoms with van der Waals surface area (Å²) in [6, 6.07) is 5.65. The number of amides is 2. The number of hydrogen-bond acceptors (Lipinski definition) is 5. The number of carboxylic acid groups (broad SMARTS) is 1. The Morgan fingerprint density at radius 1 is 1.06 bits per heavy atom. The first-order valence-corrected chi connectivity index (χ1v) is 16.4. The lowest BCUT2D eigenvalue weighted by Gasteiger charge is -2.37. The number of halogens is 7. The summed E-state index contributed by atoms with van der Waals surface area (Å²) in [4.78, 5) is 39.3. The lowest BCUT2D eigenvalue weighted by atomic mass is 9.62. The molecule has 3 aliphatic heterocycles. The first kappa shape index (κ1) is 37.8. The van der Waals surface area contributed by atoms with Crippen LogP contribution in [0.2, 0.25) is 10.0 Å². The molecule has 264 valence electrons. The Hall–Kier alpha value is -3.00. The van der Waals surface area contributed by atoms with Crippen molar-refractivity contribution in [1.82, 2.24) is 15.5 Å². The zero-order chi connectivity index (χ0) is 35.6. The molecule has 3 heterocycles. The molecule has 0 aliphatic carbocycles. The highest BCUT2D eigenvalue weighted by atomic mass is 35.5. The predicted octanol–water partition coefficient (Wildman–Crippen LogP) is 6.65. The second kappa shape index (κ2) is 14.9. The van der Waals surface area contributed by atoms with Crippen LogP contribution in [0.4, 0.5) is 27.6 Å². The summed E-state index contributed by atoms with van der Waals surface area (Å²) < 4.78 is 62.6. The average Bonchev–Trinajstić information content (AvgIpc) is 3.68. The van der Waals surface area contributed by atoms with Crippen LogP contribution in [0.25, 0.3) is 0 Å². The topological polar surface area (TPSA) is 111 Å². The van der Waals surface area contributed by atoms with Gasteiger partial charge in [0.1, 0.15) is 17.0 Å². The Kier molecular flexibility index (Phi) is 11.7. The van der Waals surface area contributed by atoms with Crippen molar-refractivity contribution >= 4 is 46.7 Å². The molecule has 2 saturated heterocycles. The van der Waals surface area contributed by atoms with Crippen molar-refractivity contribution in [3.8, 4) is 0 Å². The van der Waals surface area contributed by atoms with E-state index in [-0.39, 0.29) is 26.9 Å². The summed E-state index contributed by atoms with van der Waals surface area (Å²) in [6.45, 7) is 9.79. The molecule has 2 amide bonds.